The van der Waals surface area contributed by atoms with E-state index in [9.17, 15) is 14.7 Å². The van der Waals surface area contributed by atoms with E-state index in [-0.39, 0.29) is 5.69 Å². The van der Waals surface area contributed by atoms with Gasteiger partial charge in [-0.05, 0) is 30.3 Å². The van der Waals surface area contributed by atoms with E-state index >= 15 is 0 Å². The van der Waals surface area contributed by atoms with Crippen molar-refractivity contribution >= 4 is 24.5 Å². The molecule has 3 aromatic heterocycles. The second-order valence-electron chi connectivity index (χ2n) is 6.35. The summed E-state index contributed by atoms with van der Waals surface area (Å²) < 4.78 is 1.44. The van der Waals surface area contributed by atoms with Gasteiger partial charge in [0.05, 0.1) is 22.5 Å². The van der Waals surface area contributed by atoms with Gasteiger partial charge in [-0.3, -0.25) is 14.8 Å². The predicted molar refractivity (Wildman–Crippen MR) is 103 cm³/mol. The first-order valence-electron chi connectivity index (χ1n) is 8.64. The van der Waals surface area contributed by atoms with E-state index in [1.807, 2.05) is 42.5 Å². The Balaban J connectivity index is 1.95. The van der Waals surface area contributed by atoms with E-state index in [4.69, 9.17) is 0 Å². The number of allylic oxidation sites excluding steroid dienone is 2. The van der Waals surface area contributed by atoms with Gasteiger partial charge in [-0.2, -0.15) is 5.10 Å². The summed E-state index contributed by atoms with van der Waals surface area (Å²) in [6, 6.07) is 11.3. The van der Waals surface area contributed by atoms with Gasteiger partial charge in [0.25, 0.3) is 0 Å². The van der Waals surface area contributed by atoms with Crippen molar-refractivity contribution in [3.8, 4) is 0 Å². The summed E-state index contributed by atoms with van der Waals surface area (Å²) in [6.07, 6.45) is 10.9. The molecule has 0 bridgehead atoms. The van der Waals surface area contributed by atoms with Gasteiger partial charge in [0, 0.05) is 30.6 Å². The zero-order valence-corrected chi connectivity index (χ0v) is 14.8. The lowest BCUT2D eigenvalue weighted by molar-refractivity contribution is -0.104. The average Bonchev–Trinajstić information content (AvgIpc) is 3.11. The third kappa shape index (κ3) is 2.83. The Morgan fingerprint density at radius 2 is 1.79 bits per heavy atom. The zero-order valence-electron chi connectivity index (χ0n) is 14.8. The molecule has 0 radical (unpaired) electrons. The van der Waals surface area contributed by atoms with Crippen LogP contribution in [0.4, 0.5) is 0 Å². The van der Waals surface area contributed by atoms with E-state index < -0.39 is 11.4 Å². The quantitative estimate of drug-likeness (QED) is 0.546. The molecule has 0 fully saturated rings. The molecule has 3 aromatic rings. The summed E-state index contributed by atoms with van der Waals surface area (Å²) in [5, 5.41) is 13.7. The Hall–Kier alpha value is -3.87. The molecule has 28 heavy (non-hydrogen) atoms. The highest BCUT2D eigenvalue weighted by molar-refractivity contribution is 5.91. The van der Waals surface area contributed by atoms with Gasteiger partial charge < -0.3 is 5.11 Å². The van der Waals surface area contributed by atoms with Crippen molar-refractivity contribution in [1.29, 1.82) is 0 Å². The van der Waals surface area contributed by atoms with Gasteiger partial charge in [-0.25, -0.2) is 9.48 Å². The average molecular weight is 372 g/mol. The van der Waals surface area contributed by atoms with Crippen molar-refractivity contribution in [2.24, 2.45) is 0 Å². The molecule has 7 nitrogen and oxygen atoms in total. The minimum Gasteiger partial charge on any atom is -0.476 e. The molecule has 0 aliphatic heterocycles. The van der Waals surface area contributed by atoms with Crippen molar-refractivity contribution in [1.82, 2.24) is 19.7 Å². The Morgan fingerprint density at radius 3 is 2.32 bits per heavy atom. The number of aromatic nitrogens is 4. The van der Waals surface area contributed by atoms with Crippen LogP contribution in [0.1, 0.15) is 33.1 Å². The fraction of sp³-hybridized carbons (Fsp3) is 0.0952. The lowest BCUT2D eigenvalue weighted by atomic mass is 9.72. The summed E-state index contributed by atoms with van der Waals surface area (Å²) in [5.74, 6) is -1.12. The Morgan fingerprint density at radius 1 is 1.11 bits per heavy atom. The molecule has 0 spiro atoms. The number of nitrogens with zero attached hydrogens (tertiary/aromatic N) is 4. The molecule has 0 saturated carbocycles. The highest BCUT2D eigenvalue weighted by Crippen LogP contribution is 2.40. The van der Waals surface area contributed by atoms with Crippen LogP contribution >= 0.6 is 0 Å². The first kappa shape index (κ1) is 17.5. The predicted octanol–water partition coefficient (Wildman–Crippen LogP) is 2.60. The molecule has 7 heteroatoms. The van der Waals surface area contributed by atoms with Crippen molar-refractivity contribution in [2.75, 3.05) is 0 Å². The first-order valence-corrected chi connectivity index (χ1v) is 8.64. The fourth-order valence-electron chi connectivity index (χ4n) is 3.52. The fourth-order valence-corrected chi connectivity index (χ4v) is 3.52. The number of carboxylic acid groups (broad SMARTS) is 1. The molecule has 138 valence electrons. The number of aldehydes is 1. The van der Waals surface area contributed by atoms with Crippen LogP contribution in [0.2, 0.25) is 0 Å². The van der Waals surface area contributed by atoms with Gasteiger partial charge in [-0.1, -0.05) is 24.3 Å². The van der Waals surface area contributed by atoms with Crippen LogP contribution in [0, 0.1) is 0 Å². The number of carbonyl (C=O) groups excluding carboxylic acids is 1. The van der Waals surface area contributed by atoms with Crippen molar-refractivity contribution in [3.05, 3.63) is 89.3 Å². The number of rotatable bonds is 5. The minimum absolute atomic E-state index is 0.0579. The van der Waals surface area contributed by atoms with Crippen molar-refractivity contribution in [2.45, 2.75) is 11.8 Å². The van der Waals surface area contributed by atoms with Gasteiger partial charge in [0.2, 0.25) is 0 Å². The monoisotopic (exact) mass is 372 g/mol. The Labute approximate surface area is 160 Å². The van der Waals surface area contributed by atoms with E-state index in [1.165, 1.54) is 17.0 Å². The van der Waals surface area contributed by atoms with E-state index in [0.29, 0.717) is 24.0 Å². The molecule has 0 atom stereocenters. The van der Waals surface area contributed by atoms with E-state index in [2.05, 4.69) is 15.1 Å². The van der Waals surface area contributed by atoms with Crippen LogP contribution in [0.15, 0.2) is 60.9 Å². The molecular formula is C21H16N4O3. The number of carboxylic acids is 1. The van der Waals surface area contributed by atoms with E-state index in [0.717, 1.165) is 11.4 Å². The molecule has 1 N–H and O–H groups in total. The largest absolute Gasteiger partial charge is 0.476 e. The number of fused-ring (bicyclic) bond motifs is 1. The molecule has 0 unspecified atom stereocenters. The Kier molecular flexibility index (Phi) is 4.41. The first-order chi connectivity index (χ1) is 13.7. The maximum absolute atomic E-state index is 11.6. The molecule has 0 aromatic carbocycles. The molecule has 0 saturated heterocycles. The summed E-state index contributed by atoms with van der Waals surface area (Å²) >= 11 is 0. The third-order valence-corrected chi connectivity index (χ3v) is 4.78. The molecule has 1 aliphatic carbocycles. The normalized spacial score (nSPS) is 14.7. The third-order valence-electron chi connectivity index (χ3n) is 4.78. The van der Waals surface area contributed by atoms with Crippen LogP contribution < -0.4 is 0 Å². The number of carbonyl (C=O) groups is 2. The standard InChI is InChI=1S/C21H16N4O3/c26-13-5-12-25-16-14-21(17-6-1-3-10-22-17,18-7-2-4-11-23-18)9-8-15(16)19(24-25)20(27)28/h1-13H,14H2,(H,27,28). The molecule has 4 rings (SSSR count). The maximum atomic E-state index is 11.6. The van der Waals surface area contributed by atoms with Crippen molar-refractivity contribution in [3.63, 3.8) is 0 Å². The summed E-state index contributed by atoms with van der Waals surface area (Å²) in [5.41, 5.74) is 2.04. The van der Waals surface area contributed by atoms with E-state index in [1.54, 1.807) is 18.5 Å². The van der Waals surface area contributed by atoms with Crippen LogP contribution in [0.5, 0.6) is 0 Å². The van der Waals surface area contributed by atoms with Crippen LogP contribution in [0.3, 0.4) is 0 Å². The number of hydrogen-bond acceptors (Lipinski definition) is 5. The molecular weight excluding hydrogens is 356 g/mol. The van der Waals surface area contributed by atoms with Gasteiger partial charge in [-0.15, -0.1) is 0 Å². The smallest absolute Gasteiger partial charge is 0.357 e. The van der Waals surface area contributed by atoms with Gasteiger partial charge in [0.15, 0.2) is 5.69 Å². The van der Waals surface area contributed by atoms with Crippen LogP contribution in [-0.2, 0) is 16.6 Å². The van der Waals surface area contributed by atoms with Crippen molar-refractivity contribution < 1.29 is 14.7 Å². The number of hydrogen-bond donors (Lipinski definition) is 1. The molecule has 1 aliphatic rings. The zero-order chi connectivity index (χ0) is 19.6. The maximum Gasteiger partial charge on any atom is 0.357 e. The molecule has 3 heterocycles. The number of pyridine rings is 2. The minimum atomic E-state index is -1.12. The highest BCUT2D eigenvalue weighted by atomic mass is 16.4. The lowest BCUT2D eigenvalue weighted by Gasteiger charge is -2.32. The van der Waals surface area contributed by atoms with Gasteiger partial charge in [0.1, 0.15) is 6.29 Å². The molecule has 0 amide bonds. The second-order valence-corrected chi connectivity index (χ2v) is 6.35. The summed E-state index contributed by atoms with van der Waals surface area (Å²) in [7, 11) is 0. The van der Waals surface area contributed by atoms with Gasteiger partial charge >= 0.3 is 5.97 Å². The summed E-state index contributed by atoms with van der Waals surface area (Å²) in [6.45, 7) is 0. The van der Waals surface area contributed by atoms with Crippen LogP contribution in [-0.4, -0.2) is 37.1 Å². The SMILES string of the molecule is O=CC=Cn1nc(C(=O)O)c2c1CC(c1ccccn1)(c1ccccn1)C=C2. The van der Waals surface area contributed by atoms with Crippen LogP contribution in [0.25, 0.3) is 12.3 Å². The topological polar surface area (TPSA) is 98.0 Å². The lowest BCUT2D eigenvalue weighted by Crippen LogP contribution is -2.33. The highest BCUT2D eigenvalue weighted by Gasteiger charge is 2.40. The summed E-state index contributed by atoms with van der Waals surface area (Å²) in [4.78, 5) is 31.5. The number of aromatic carboxylic acids is 1. The Bertz CT molecular complexity index is 1050. The second kappa shape index (κ2) is 7.03.